The molecule has 1 aliphatic heterocycles. The van der Waals surface area contributed by atoms with Crippen molar-refractivity contribution in [3.05, 3.63) is 0 Å². The van der Waals surface area contributed by atoms with Gasteiger partial charge in [-0.15, -0.1) is 0 Å². The van der Waals surface area contributed by atoms with Crippen LogP contribution in [0.25, 0.3) is 0 Å². The number of urea groups is 1. The first-order valence-corrected chi connectivity index (χ1v) is 6.91. The molecule has 0 aromatic rings. The third-order valence-electron chi connectivity index (χ3n) is 2.98. The highest BCUT2D eigenvalue weighted by Gasteiger charge is 2.31. The molecule has 0 radical (unpaired) electrons. The van der Waals surface area contributed by atoms with E-state index in [1.54, 1.807) is 4.90 Å². The lowest BCUT2D eigenvalue weighted by Crippen LogP contribution is -2.54. The maximum atomic E-state index is 11.8. The second kappa shape index (κ2) is 8.58. The number of hydrogen-bond donors (Lipinski definition) is 2. The van der Waals surface area contributed by atoms with E-state index < -0.39 is 23.9 Å². The van der Waals surface area contributed by atoms with E-state index in [0.717, 1.165) is 0 Å². The number of methoxy groups -OCH3 is 1. The number of rotatable bonds is 5. The van der Waals surface area contributed by atoms with E-state index in [-0.39, 0.29) is 13.2 Å². The highest BCUT2D eigenvalue weighted by Crippen LogP contribution is 2.07. The quantitative estimate of drug-likeness (QED) is 0.655. The van der Waals surface area contributed by atoms with Gasteiger partial charge in [0.2, 0.25) is 5.91 Å². The van der Waals surface area contributed by atoms with Gasteiger partial charge in [0.05, 0.1) is 26.9 Å². The second-order valence-electron chi connectivity index (χ2n) is 5.24. The van der Waals surface area contributed by atoms with Gasteiger partial charge in [-0.2, -0.15) is 0 Å². The molecule has 1 rings (SSSR count). The van der Waals surface area contributed by atoms with E-state index in [1.165, 1.54) is 7.11 Å². The molecule has 1 heterocycles. The maximum absolute atomic E-state index is 11.8. The molecule has 1 unspecified atom stereocenters. The van der Waals surface area contributed by atoms with Gasteiger partial charge in [0.25, 0.3) is 0 Å². The van der Waals surface area contributed by atoms with Gasteiger partial charge < -0.3 is 14.8 Å². The fourth-order valence-corrected chi connectivity index (χ4v) is 1.87. The molecule has 0 saturated carbocycles. The zero-order valence-corrected chi connectivity index (χ0v) is 12.7. The number of ether oxygens (including phenoxy) is 2. The maximum Gasteiger partial charge on any atom is 0.325 e. The van der Waals surface area contributed by atoms with E-state index >= 15 is 0 Å². The molecule has 1 atom stereocenters. The Balaban J connectivity index is 2.44. The van der Waals surface area contributed by atoms with E-state index in [2.05, 4.69) is 15.4 Å². The number of carbonyl (C=O) groups is 3. The molecule has 1 aliphatic rings. The monoisotopic (exact) mass is 301 g/mol. The molecule has 1 fully saturated rings. The van der Waals surface area contributed by atoms with E-state index in [4.69, 9.17) is 4.74 Å². The van der Waals surface area contributed by atoms with Gasteiger partial charge in [-0.05, 0) is 5.92 Å². The summed E-state index contributed by atoms with van der Waals surface area (Å²) in [5.41, 5.74) is 0. The van der Waals surface area contributed by atoms with Crippen LogP contribution in [-0.4, -0.2) is 68.8 Å². The highest BCUT2D eigenvalue weighted by molar-refractivity contribution is 5.95. The van der Waals surface area contributed by atoms with Crippen LogP contribution >= 0.6 is 0 Å². The van der Waals surface area contributed by atoms with E-state index in [0.29, 0.717) is 25.6 Å². The number of amides is 3. The molecule has 0 aromatic carbocycles. The van der Waals surface area contributed by atoms with Crippen LogP contribution in [0.1, 0.15) is 13.8 Å². The summed E-state index contributed by atoms with van der Waals surface area (Å²) in [6, 6.07) is -1.15. The molecule has 0 aliphatic carbocycles. The van der Waals surface area contributed by atoms with Crippen LogP contribution in [0.3, 0.4) is 0 Å². The summed E-state index contributed by atoms with van der Waals surface area (Å²) in [5.74, 6) is -0.618. The lowest BCUT2D eigenvalue weighted by molar-refractivity contribution is -0.153. The van der Waals surface area contributed by atoms with Gasteiger partial charge >= 0.3 is 12.0 Å². The Bertz CT molecular complexity index is 386. The van der Waals surface area contributed by atoms with E-state index in [1.807, 2.05) is 13.8 Å². The Labute approximate surface area is 124 Å². The summed E-state index contributed by atoms with van der Waals surface area (Å²) in [6.07, 6.45) is 0. The fraction of sp³-hybridized carbons (Fsp3) is 0.769. The Morgan fingerprint density at radius 2 is 2.10 bits per heavy atom. The minimum atomic E-state index is -0.617. The van der Waals surface area contributed by atoms with E-state index in [9.17, 15) is 14.4 Å². The first kappa shape index (κ1) is 17.4. The molecule has 0 bridgehead atoms. The molecule has 3 amide bonds. The number of morpholine rings is 1. The molecular formula is C13H23N3O5. The summed E-state index contributed by atoms with van der Waals surface area (Å²) < 4.78 is 9.89. The molecule has 8 heteroatoms. The smallest absolute Gasteiger partial charge is 0.325 e. The Morgan fingerprint density at radius 1 is 1.38 bits per heavy atom. The van der Waals surface area contributed by atoms with Crippen molar-refractivity contribution >= 4 is 17.9 Å². The van der Waals surface area contributed by atoms with Gasteiger partial charge in [-0.25, -0.2) is 4.79 Å². The molecular weight excluding hydrogens is 278 g/mol. The average molecular weight is 301 g/mol. The summed E-state index contributed by atoms with van der Waals surface area (Å²) >= 11 is 0. The second-order valence-corrected chi connectivity index (χ2v) is 5.24. The summed E-state index contributed by atoms with van der Waals surface area (Å²) in [5, 5.41) is 4.83. The van der Waals surface area contributed by atoms with Crippen molar-refractivity contribution in [2.45, 2.75) is 19.9 Å². The normalized spacial score (nSPS) is 19.1. The van der Waals surface area contributed by atoms with Gasteiger partial charge in [-0.1, -0.05) is 13.8 Å². The number of hydrogen-bond acceptors (Lipinski definition) is 6. The van der Waals surface area contributed by atoms with Crippen LogP contribution < -0.4 is 10.6 Å². The first-order valence-electron chi connectivity index (χ1n) is 6.91. The Morgan fingerprint density at radius 3 is 2.71 bits per heavy atom. The van der Waals surface area contributed by atoms with Crippen LogP contribution in [0.15, 0.2) is 0 Å². The Kier molecular flexibility index (Phi) is 7.10. The number of imide groups is 1. The lowest BCUT2D eigenvalue weighted by Gasteiger charge is -2.32. The van der Waals surface area contributed by atoms with Crippen LogP contribution in [0.5, 0.6) is 0 Å². The van der Waals surface area contributed by atoms with Crippen LogP contribution in [0.4, 0.5) is 4.79 Å². The highest BCUT2D eigenvalue weighted by atomic mass is 16.5. The third kappa shape index (κ3) is 6.09. The van der Waals surface area contributed by atoms with Gasteiger partial charge in [0.15, 0.2) is 0 Å². The molecule has 21 heavy (non-hydrogen) atoms. The number of esters is 1. The van der Waals surface area contributed by atoms with Crippen molar-refractivity contribution in [3.63, 3.8) is 0 Å². The molecule has 120 valence electrons. The summed E-state index contributed by atoms with van der Waals surface area (Å²) in [4.78, 5) is 36.6. The van der Waals surface area contributed by atoms with Crippen molar-refractivity contribution in [3.8, 4) is 0 Å². The van der Waals surface area contributed by atoms with Crippen molar-refractivity contribution in [1.29, 1.82) is 0 Å². The van der Waals surface area contributed by atoms with Crippen molar-refractivity contribution < 1.29 is 23.9 Å². The van der Waals surface area contributed by atoms with Gasteiger partial charge in [0, 0.05) is 13.1 Å². The first-order chi connectivity index (χ1) is 9.93. The molecule has 1 saturated heterocycles. The minimum Gasteiger partial charge on any atom is -0.468 e. The zero-order valence-electron chi connectivity index (χ0n) is 12.7. The van der Waals surface area contributed by atoms with Crippen molar-refractivity contribution in [2.75, 3.05) is 40.0 Å². The van der Waals surface area contributed by atoms with Crippen LogP contribution in [0, 0.1) is 5.92 Å². The fourth-order valence-electron chi connectivity index (χ4n) is 1.87. The molecule has 2 N–H and O–H groups in total. The van der Waals surface area contributed by atoms with Gasteiger partial charge in [0.1, 0.15) is 6.04 Å². The van der Waals surface area contributed by atoms with Crippen molar-refractivity contribution in [2.24, 2.45) is 5.92 Å². The number of carbonyl (C=O) groups excluding carboxylic acids is 3. The molecule has 0 spiro atoms. The SMILES string of the molecule is COC(=O)C1COCCN1CC(=O)NC(=O)NCC(C)C. The van der Waals surface area contributed by atoms with Crippen LogP contribution in [-0.2, 0) is 19.1 Å². The van der Waals surface area contributed by atoms with Crippen molar-refractivity contribution in [1.82, 2.24) is 15.5 Å². The minimum absolute atomic E-state index is 0.0573. The molecule has 8 nitrogen and oxygen atoms in total. The number of nitrogens with one attached hydrogen (secondary N) is 2. The van der Waals surface area contributed by atoms with Crippen LogP contribution in [0.2, 0.25) is 0 Å². The lowest BCUT2D eigenvalue weighted by atomic mass is 10.2. The molecule has 0 aromatic heterocycles. The predicted molar refractivity (Wildman–Crippen MR) is 74.6 cm³/mol. The van der Waals surface area contributed by atoms with Gasteiger partial charge in [-0.3, -0.25) is 19.8 Å². The largest absolute Gasteiger partial charge is 0.468 e. The zero-order chi connectivity index (χ0) is 15.8. The summed E-state index contributed by atoms with van der Waals surface area (Å²) in [7, 11) is 1.29. The average Bonchev–Trinajstić information content (AvgIpc) is 2.44. The third-order valence-corrected chi connectivity index (χ3v) is 2.98. The summed E-state index contributed by atoms with van der Waals surface area (Å²) in [6.45, 7) is 5.38. The Hall–Kier alpha value is -1.67. The number of nitrogens with zero attached hydrogens (tertiary/aromatic N) is 1. The standard InChI is InChI=1S/C13H23N3O5/c1-9(2)6-14-13(19)15-11(17)7-16-4-5-21-8-10(16)12(18)20-3/h9-10H,4-8H2,1-3H3,(H2,14,15,17,19). The predicted octanol–water partition coefficient (Wildman–Crippen LogP) is -0.658. The topological polar surface area (TPSA) is 97.0 Å².